The van der Waals surface area contributed by atoms with Gasteiger partial charge in [-0.05, 0) is 6.42 Å². The molecule has 0 bridgehead atoms. The molecule has 0 aliphatic heterocycles. The van der Waals surface area contributed by atoms with Crippen LogP contribution in [0, 0.1) is 5.41 Å². The molecule has 0 spiro atoms. The first-order chi connectivity index (χ1) is 6.44. The number of hydrogen-bond donors (Lipinski definition) is 3. The van der Waals surface area contributed by atoms with E-state index in [0.29, 0.717) is 0 Å². The van der Waals surface area contributed by atoms with Crippen molar-refractivity contribution in [2.24, 2.45) is 17.0 Å². The van der Waals surface area contributed by atoms with Gasteiger partial charge in [-0.3, -0.25) is 10.2 Å². The van der Waals surface area contributed by atoms with E-state index in [1.54, 1.807) is 11.8 Å². The number of carbonyl (C=O) groups excluding carboxylic acids is 1. The lowest BCUT2D eigenvalue weighted by Crippen LogP contribution is -2.42. The smallest absolute Gasteiger partial charge is 0.240 e. The number of amides is 1. The molecule has 0 aromatic rings. The maximum Gasteiger partial charge on any atom is 0.240 e. The minimum atomic E-state index is -0.424. The normalized spacial score (nSPS) is 13.8. The van der Waals surface area contributed by atoms with E-state index < -0.39 is 5.41 Å². The lowest BCUT2D eigenvalue weighted by Gasteiger charge is -2.22. The van der Waals surface area contributed by atoms with Crippen LogP contribution in [0.1, 0.15) is 27.2 Å². The topological polar surface area (TPSA) is 81.1 Å². The minimum Gasteiger partial charge on any atom is -0.327 e. The van der Waals surface area contributed by atoms with E-state index in [1.807, 2.05) is 13.8 Å². The maximum absolute atomic E-state index is 11.3. The molecule has 1 atom stereocenters. The molecule has 1 amide bonds. The second-order valence-electron chi connectivity index (χ2n) is 4.04. The highest BCUT2D eigenvalue weighted by atomic mass is 32.2. The summed E-state index contributed by atoms with van der Waals surface area (Å²) in [6, 6.07) is 0.219. The van der Waals surface area contributed by atoms with Crippen LogP contribution < -0.4 is 17.0 Å². The number of nitrogens with one attached hydrogen (secondary N) is 1. The highest BCUT2D eigenvalue weighted by Gasteiger charge is 2.26. The summed E-state index contributed by atoms with van der Waals surface area (Å²) in [6.45, 7) is 5.81. The standard InChI is InChI=1S/C9H21N3OS/c1-4-7(10)5-14-6-9(2,3)8(13)12-11/h7H,4-6,10-11H2,1-3H3,(H,12,13). The zero-order chi connectivity index (χ0) is 11.2. The number of thioether (sulfide) groups is 1. The predicted octanol–water partition coefficient (Wildman–Crippen LogP) is 0.473. The molecule has 5 heteroatoms. The zero-order valence-electron chi connectivity index (χ0n) is 9.17. The molecule has 4 nitrogen and oxygen atoms in total. The molecule has 1 unspecified atom stereocenters. The molecule has 0 radical (unpaired) electrons. The summed E-state index contributed by atoms with van der Waals surface area (Å²) in [4.78, 5) is 11.3. The molecular formula is C9H21N3OS. The van der Waals surface area contributed by atoms with E-state index >= 15 is 0 Å². The van der Waals surface area contributed by atoms with Crippen LogP contribution in [0.15, 0.2) is 0 Å². The first-order valence-corrected chi connectivity index (χ1v) is 5.94. The fraction of sp³-hybridized carbons (Fsp3) is 0.889. The second-order valence-corrected chi connectivity index (χ2v) is 5.07. The molecule has 14 heavy (non-hydrogen) atoms. The van der Waals surface area contributed by atoms with Gasteiger partial charge in [0.25, 0.3) is 0 Å². The average molecular weight is 219 g/mol. The molecule has 0 aliphatic carbocycles. The monoisotopic (exact) mass is 219 g/mol. The van der Waals surface area contributed by atoms with Crippen LogP contribution in [-0.2, 0) is 4.79 Å². The summed E-state index contributed by atoms with van der Waals surface area (Å²) in [5.74, 6) is 6.58. The largest absolute Gasteiger partial charge is 0.327 e. The summed E-state index contributed by atoms with van der Waals surface area (Å²) < 4.78 is 0. The van der Waals surface area contributed by atoms with Gasteiger partial charge in [0.05, 0.1) is 5.41 Å². The Morgan fingerprint density at radius 1 is 1.57 bits per heavy atom. The first-order valence-electron chi connectivity index (χ1n) is 4.78. The van der Waals surface area contributed by atoms with Crippen LogP contribution in [-0.4, -0.2) is 23.5 Å². The van der Waals surface area contributed by atoms with Crippen LogP contribution in [0.4, 0.5) is 0 Å². The number of nitrogens with two attached hydrogens (primary N) is 2. The zero-order valence-corrected chi connectivity index (χ0v) is 9.99. The van der Waals surface area contributed by atoms with E-state index in [2.05, 4.69) is 12.3 Å². The number of hydrogen-bond acceptors (Lipinski definition) is 4. The third kappa shape index (κ3) is 4.83. The van der Waals surface area contributed by atoms with Crippen LogP contribution in [0.3, 0.4) is 0 Å². The molecule has 0 aromatic heterocycles. The van der Waals surface area contributed by atoms with Gasteiger partial charge in [-0.25, -0.2) is 5.84 Å². The highest BCUT2D eigenvalue weighted by Crippen LogP contribution is 2.22. The van der Waals surface area contributed by atoms with Crippen molar-refractivity contribution in [1.29, 1.82) is 0 Å². The molecule has 5 N–H and O–H groups in total. The Morgan fingerprint density at radius 2 is 2.14 bits per heavy atom. The Bertz CT molecular complexity index is 185. The number of rotatable bonds is 6. The van der Waals surface area contributed by atoms with Crippen molar-refractivity contribution in [3.8, 4) is 0 Å². The van der Waals surface area contributed by atoms with Crippen molar-refractivity contribution in [3.63, 3.8) is 0 Å². The predicted molar refractivity (Wildman–Crippen MR) is 61.7 cm³/mol. The summed E-state index contributed by atoms with van der Waals surface area (Å²) in [5.41, 5.74) is 7.51. The summed E-state index contributed by atoms with van der Waals surface area (Å²) >= 11 is 1.70. The maximum atomic E-state index is 11.3. The van der Waals surface area contributed by atoms with Crippen molar-refractivity contribution in [3.05, 3.63) is 0 Å². The van der Waals surface area contributed by atoms with E-state index in [1.165, 1.54) is 0 Å². The van der Waals surface area contributed by atoms with Gasteiger partial charge in [0, 0.05) is 17.5 Å². The Balaban J connectivity index is 3.82. The lowest BCUT2D eigenvalue weighted by atomic mass is 9.96. The summed E-state index contributed by atoms with van der Waals surface area (Å²) in [5, 5.41) is 0. The summed E-state index contributed by atoms with van der Waals surface area (Å²) in [6.07, 6.45) is 0.969. The Kier molecular flexibility index (Phi) is 6.15. The minimum absolute atomic E-state index is 0.130. The van der Waals surface area contributed by atoms with Crippen molar-refractivity contribution >= 4 is 17.7 Å². The van der Waals surface area contributed by atoms with Gasteiger partial charge in [0.15, 0.2) is 0 Å². The first kappa shape index (κ1) is 13.7. The Morgan fingerprint density at radius 3 is 2.57 bits per heavy atom. The van der Waals surface area contributed by atoms with Gasteiger partial charge in [-0.15, -0.1) is 0 Å². The van der Waals surface area contributed by atoms with Gasteiger partial charge in [-0.1, -0.05) is 20.8 Å². The SMILES string of the molecule is CCC(N)CSCC(C)(C)C(=O)NN. The average Bonchev–Trinajstić information content (AvgIpc) is 2.15. The molecule has 0 aromatic carbocycles. The van der Waals surface area contributed by atoms with Gasteiger partial charge in [0.1, 0.15) is 0 Å². The van der Waals surface area contributed by atoms with Crippen LogP contribution in [0.25, 0.3) is 0 Å². The number of hydrazine groups is 1. The van der Waals surface area contributed by atoms with Gasteiger partial charge < -0.3 is 5.73 Å². The number of carbonyl (C=O) groups is 1. The highest BCUT2D eigenvalue weighted by molar-refractivity contribution is 7.99. The van der Waals surface area contributed by atoms with E-state index in [-0.39, 0.29) is 11.9 Å². The quantitative estimate of drug-likeness (QED) is 0.345. The second kappa shape index (κ2) is 6.27. The molecular weight excluding hydrogens is 198 g/mol. The van der Waals surface area contributed by atoms with Crippen LogP contribution in [0.2, 0.25) is 0 Å². The molecule has 0 aliphatic rings. The van der Waals surface area contributed by atoms with Gasteiger partial charge in [-0.2, -0.15) is 11.8 Å². The van der Waals surface area contributed by atoms with Crippen molar-refractivity contribution < 1.29 is 4.79 Å². The fourth-order valence-electron chi connectivity index (χ4n) is 0.844. The molecule has 0 rings (SSSR count). The van der Waals surface area contributed by atoms with Crippen molar-refractivity contribution in [1.82, 2.24) is 5.43 Å². The molecule has 0 fully saturated rings. The van der Waals surface area contributed by atoms with Gasteiger partial charge >= 0.3 is 0 Å². The summed E-state index contributed by atoms with van der Waals surface area (Å²) in [7, 11) is 0. The molecule has 0 saturated heterocycles. The molecule has 84 valence electrons. The molecule has 0 saturated carbocycles. The van der Waals surface area contributed by atoms with E-state index in [4.69, 9.17) is 11.6 Å². The van der Waals surface area contributed by atoms with Crippen LogP contribution in [0.5, 0.6) is 0 Å². The van der Waals surface area contributed by atoms with Crippen molar-refractivity contribution in [2.75, 3.05) is 11.5 Å². The third-order valence-corrected chi connectivity index (χ3v) is 3.65. The lowest BCUT2D eigenvalue weighted by molar-refractivity contribution is -0.128. The third-order valence-electron chi connectivity index (χ3n) is 2.06. The van der Waals surface area contributed by atoms with E-state index in [0.717, 1.165) is 17.9 Å². The van der Waals surface area contributed by atoms with Gasteiger partial charge in [0.2, 0.25) is 5.91 Å². The van der Waals surface area contributed by atoms with E-state index in [9.17, 15) is 4.79 Å². The van der Waals surface area contributed by atoms with Crippen molar-refractivity contribution in [2.45, 2.75) is 33.2 Å². The van der Waals surface area contributed by atoms with Crippen LogP contribution >= 0.6 is 11.8 Å². The molecule has 0 heterocycles. The fourth-order valence-corrected chi connectivity index (χ4v) is 2.14. The Labute approximate surface area is 90.1 Å². The Hall–Kier alpha value is -0.260.